The first-order valence-electron chi connectivity index (χ1n) is 7.30. The van der Waals surface area contributed by atoms with Crippen molar-refractivity contribution in [1.29, 1.82) is 0 Å². The Morgan fingerprint density at radius 1 is 1.33 bits per heavy atom. The molecule has 0 aromatic heterocycles. The van der Waals surface area contributed by atoms with Crippen LogP contribution in [0.4, 0.5) is 0 Å². The first-order valence-corrected chi connectivity index (χ1v) is 8.91. The van der Waals surface area contributed by atoms with Crippen LogP contribution in [0.2, 0.25) is 0 Å². The molecule has 1 N–H and O–H groups in total. The first kappa shape index (κ1) is 16.0. The van der Waals surface area contributed by atoms with E-state index < -0.39 is 10.0 Å². The number of sulfonamides is 1. The number of piperidine rings is 1. The molecule has 1 atom stereocenters. The van der Waals surface area contributed by atoms with E-state index in [0.29, 0.717) is 24.6 Å². The molecule has 1 saturated heterocycles. The van der Waals surface area contributed by atoms with Crippen LogP contribution < -0.4 is 5.32 Å². The molecule has 0 saturated carbocycles. The summed E-state index contributed by atoms with van der Waals surface area (Å²) in [7, 11) is -3.28. The Balaban J connectivity index is 1.83. The van der Waals surface area contributed by atoms with Gasteiger partial charge in [0.1, 0.15) is 0 Å². The van der Waals surface area contributed by atoms with Gasteiger partial charge in [0.2, 0.25) is 10.0 Å². The van der Waals surface area contributed by atoms with Crippen molar-refractivity contribution in [1.82, 2.24) is 9.62 Å². The van der Waals surface area contributed by atoms with Crippen LogP contribution in [-0.2, 0) is 10.0 Å². The van der Waals surface area contributed by atoms with Crippen LogP contribution in [-0.4, -0.2) is 44.0 Å². The predicted octanol–water partition coefficient (Wildman–Crippen LogP) is 1.48. The Labute approximate surface area is 126 Å². The lowest BCUT2D eigenvalue weighted by atomic mass is 10.0. The van der Waals surface area contributed by atoms with Gasteiger partial charge in [0.05, 0.1) is 5.75 Å². The summed E-state index contributed by atoms with van der Waals surface area (Å²) in [6.45, 7) is 3.40. The second-order valence-corrected chi connectivity index (χ2v) is 7.63. The molecule has 21 heavy (non-hydrogen) atoms. The maximum absolute atomic E-state index is 12.2. The van der Waals surface area contributed by atoms with Crippen LogP contribution in [0.3, 0.4) is 0 Å². The fourth-order valence-corrected chi connectivity index (χ4v) is 4.02. The van der Waals surface area contributed by atoms with Gasteiger partial charge in [-0.25, -0.2) is 12.7 Å². The Morgan fingerprint density at radius 3 is 2.71 bits per heavy atom. The van der Waals surface area contributed by atoms with E-state index in [9.17, 15) is 13.2 Å². The summed E-state index contributed by atoms with van der Waals surface area (Å²) in [6, 6.07) is 8.80. The lowest BCUT2D eigenvalue weighted by Gasteiger charge is -2.30. The van der Waals surface area contributed by atoms with Crippen LogP contribution >= 0.6 is 0 Å². The van der Waals surface area contributed by atoms with Crippen molar-refractivity contribution < 1.29 is 13.2 Å². The number of hydrogen-bond donors (Lipinski definition) is 1. The number of hydrogen-bond acceptors (Lipinski definition) is 3. The molecule has 6 heteroatoms. The minimum atomic E-state index is -3.28. The van der Waals surface area contributed by atoms with E-state index >= 15 is 0 Å². The minimum Gasteiger partial charge on any atom is -0.351 e. The van der Waals surface area contributed by atoms with Gasteiger partial charge in [0.15, 0.2) is 0 Å². The van der Waals surface area contributed by atoms with Gasteiger partial charge in [-0.2, -0.15) is 0 Å². The number of carbonyl (C=O) groups excluding carboxylic acids is 1. The topological polar surface area (TPSA) is 66.5 Å². The molecule has 1 aromatic rings. The Bertz CT molecular complexity index is 572. The van der Waals surface area contributed by atoms with Crippen molar-refractivity contribution in [3.8, 4) is 0 Å². The van der Waals surface area contributed by atoms with E-state index in [-0.39, 0.29) is 18.2 Å². The Hall–Kier alpha value is -1.40. The molecule has 5 nitrogen and oxygen atoms in total. The number of carbonyl (C=O) groups is 1. The van der Waals surface area contributed by atoms with Crippen LogP contribution in [0.15, 0.2) is 30.3 Å². The van der Waals surface area contributed by atoms with Crippen molar-refractivity contribution in [2.75, 3.05) is 25.4 Å². The van der Waals surface area contributed by atoms with E-state index in [0.717, 1.165) is 12.8 Å². The molecule has 1 amide bonds. The average molecular weight is 310 g/mol. The number of benzene rings is 1. The fourth-order valence-electron chi connectivity index (χ4n) is 2.51. The second-order valence-electron chi connectivity index (χ2n) is 5.54. The molecule has 1 aromatic carbocycles. The Morgan fingerprint density at radius 2 is 2.05 bits per heavy atom. The highest BCUT2D eigenvalue weighted by molar-refractivity contribution is 7.89. The third-order valence-corrected chi connectivity index (χ3v) is 5.53. The fraction of sp³-hybridized carbons (Fsp3) is 0.533. The average Bonchev–Trinajstić information content (AvgIpc) is 2.48. The maximum atomic E-state index is 12.2. The van der Waals surface area contributed by atoms with Crippen molar-refractivity contribution in [3.05, 3.63) is 35.9 Å². The van der Waals surface area contributed by atoms with Crippen LogP contribution in [0.25, 0.3) is 0 Å². The largest absolute Gasteiger partial charge is 0.351 e. The molecule has 0 bridgehead atoms. The van der Waals surface area contributed by atoms with E-state index in [4.69, 9.17) is 0 Å². The molecule has 0 aliphatic carbocycles. The number of nitrogens with zero attached hydrogens (tertiary/aromatic N) is 1. The highest BCUT2D eigenvalue weighted by Gasteiger charge is 2.26. The van der Waals surface area contributed by atoms with Gasteiger partial charge in [-0.05, 0) is 30.9 Å². The standard InChI is InChI=1S/C15H22N2O3S/c1-13-6-5-10-17(12-13)21(19,20)11-9-16-15(18)14-7-3-2-4-8-14/h2-4,7-8,13H,5-6,9-12H2,1H3,(H,16,18). The molecule has 1 aliphatic rings. The van der Waals surface area contributed by atoms with Gasteiger partial charge in [-0.3, -0.25) is 4.79 Å². The normalized spacial score (nSPS) is 20.1. The molecule has 1 fully saturated rings. The third-order valence-electron chi connectivity index (χ3n) is 3.69. The summed E-state index contributed by atoms with van der Waals surface area (Å²) < 4.78 is 26.0. The molecule has 0 spiro atoms. The van der Waals surface area contributed by atoms with Gasteiger partial charge in [0, 0.05) is 25.2 Å². The smallest absolute Gasteiger partial charge is 0.251 e. The van der Waals surface area contributed by atoms with Crippen LogP contribution in [0, 0.1) is 5.92 Å². The molecule has 116 valence electrons. The second kappa shape index (κ2) is 7.04. The van der Waals surface area contributed by atoms with E-state index in [1.807, 2.05) is 6.07 Å². The zero-order valence-corrected chi connectivity index (χ0v) is 13.1. The predicted molar refractivity (Wildman–Crippen MR) is 82.5 cm³/mol. The molecule has 1 aliphatic heterocycles. The van der Waals surface area contributed by atoms with Gasteiger partial charge in [-0.1, -0.05) is 25.1 Å². The highest BCUT2D eigenvalue weighted by Crippen LogP contribution is 2.18. The summed E-state index contributed by atoms with van der Waals surface area (Å²) >= 11 is 0. The van der Waals surface area contributed by atoms with Crippen molar-refractivity contribution in [2.24, 2.45) is 5.92 Å². The third kappa shape index (κ3) is 4.54. The molecule has 1 unspecified atom stereocenters. The van der Waals surface area contributed by atoms with Gasteiger partial charge >= 0.3 is 0 Å². The maximum Gasteiger partial charge on any atom is 0.251 e. The highest BCUT2D eigenvalue weighted by atomic mass is 32.2. The lowest BCUT2D eigenvalue weighted by Crippen LogP contribution is -2.42. The lowest BCUT2D eigenvalue weighted by molar-refractivity contribution is 0.0956. The summed E-state index contributed by atoms with van der Waals surface area (Å²) in [5.41, 5.74) is 0.543. The summed E-state index contributed by atoms with van der Waals surface area (Å²) in [6.07, 6.45) is 1.99. The number of rotatable bonds is 5. The van der Waals surface area contributed by atoms with Crippen molar-refractivity contribution in [2.45, 2.75) is 19.8 Å². The SMILES string of the molecule is CC1CCCN(S(=O)(=O)CCNC(=O)c2ccccc2)C1. The molecular weight excluding hydrogens is 288 g/mol. The summed E-state index contributed by atoms with van der Waals surface area (Å²) in [5.74, 6) is 0.128. The number of nitrogens with one attached hydrogen (secondary N) is 1. The number of amides is 1. The van der Waals surface area contributed by atoms with E-state index in [1.165, 1.54) is 0 Å². The molecule has 1 heterocycles. The Kier molecular flexibility index (Phi) is 5.36. The van der Waals surface area contributed by atoms with Crippen molar-refractivity contribution >= 4 is 15.9 Å². The van der Waals surface area contributed by atoms with Crippen molar-refractivity contribution in [3.63, 3.8) is 0 Å². The van der Waals surface area contributed by atoms with Gasteiger partial charge < -0.3 is 5.32 Å². The van der Waals surface area contributed by atoms with E-state index in [2.05, 4.69) is 12.2 Å². The van der Waals surface area contributed by atoms with Crippen LogP contribution in [0.1, 0.15) is 30.1 Å². The molecule has 0 radical (unpaired) electrons. The zero-order chi connectivity index (χ0) is 15.3. The zero-order valence-electron chi connectivity index (χ0n) is 12.3. The van der Waals surface area contributed by atoms with Gasteiger partial charge in [0.25, 0.3) is 5.91 Å². The molecular formula is C15H22N2O3S. The minimum absolute atomic E-state index is 0.0434. The summed E-state index contributed by atoms with van der Waals surface area (Å²) in [4.78, 5) is 11.8. The monoisotopic (exact) mass is 310 g/mol. The molecule has 2 rings (SSSR count). The van der Waals surface area contributed by atoms with E-state index in [1.54, 1.807) is 28.6 Å². The first-order chi connectivity index (χ1) is 9.99. The van der Waals surface area contributed by atoms with Crippen LogP contribution in [0.5, 0.6) is 0 Å². The van der Waals surface area contributed by atoms with Gasteiger partial charge in [-0.15, -0.1) is 0 Å². The quantitative estimate of drug-likeness (QED) is 0.896. The summed E-state index contributed by atoms with van der Waals surface area (Å²) in [5, 5.41) is 2.66.